The number of hydrogen-bond acceptors (Lipinski definition) is 6. The summed E-state index contributed by atoms with van der Waals surface area (Å²) in [6.45, 7) is 0.543. The molecule has 158 valence electrons. The lowest BCUT2D eigenvalue weighted by Gasteiger charge is -2.08. The fraction of sp³-hybridized carbons (Fsp3) is 0.160. The van der Waals surface area contributed by atoms with Crippen LogP contribution in [-0.2, 0) is 0 Å². The molecule has 0 saturated carbocycles. The number of nitrogens with one attached hydrogen (secondary N) is 1. The summed E-state index contributed by atoms with van der Waals surface area (Å²) in [7, 11) is 0. The van der Waals surface area contributed by atoms with Crippen LogP contribution in [-0.4, -0.2) is 37.1 Å². The Morgan fingerprint density at radius 2 is 1.84 bits per heavy atom. The Hall–Kier alpha value is -3.81. The van der Waals surface area contributed by atoms with Crippen LogP contribution >= 0.6 is 0 Å². The second-order valence-corrected chi connectivity index (χ2v) is 8.17. The fourth-order valence-electron chi connectivity index (χ4n) is 4.49. The van der Waals surface area contributed by atoms with Gasteiger partial charge in [0.2, 0.25) is 0 Å². The number of rotatable bonds is 3. The topological polar surface area (TPSA) is 101 Å². The smallest absolute Gasteiger partial charge is 0.149 e. The number of aromatic nitrogens is 4. The van der Waals surface area contributed by atoms with E-state index in [2.05, 4.69) is 46.7 Å². The van der Waals surface area contributed by atoms with Crippen molar-refractivity contribution in [2.24, 2.45) is 0 Å². The highest BCUT2D eigenvalue weighted by Gasteiger charge is 2.29. The Morgan fingerprint density at radius 1 is 1.00 bits per heavy atom. The summed E-state index contributed by atoms with van der Waals surface area (Å²) in [4.78, 5) is 14.1. The van der Waals surface area contributed by atoms with Crippen LogP contribution < -0.4 is 11.1 Å². The van der Waals surface area contributed by atoms with E-state index in [1.165, 1.54) is 0 Å². The van der Waals surface area contributed by atoms with Gasteiger partial charge in [-0.25, -0.2) is 15.0 Å². The van der Waals surface area contributed by atoms with Crippen molar-refractivity contribution in [3.05, 3.63) is 78.8 Å². The number of imidazole rings is 1. The van der Waals surface area contributed by atoms with Crippen LogP contribution in [0, 0.1) is 0 Å². The number of benzene rings is 2. The van der Waals surface area contributed by atoms with Crippen LogP contribution in [0.15, 0.2) is 73.1 Å². The zero-order chi connectivity index (χ0) is 21.7. The normalized spacial score (nSPS) is 18.5. The van der Waals surface area contributed by atoms with Crippen molar-refractivity contribution in [2.75, 3.05) is 12.3 Å². The Balaban J connectivity index is 1.51. The largest absolute Gasteiger partial charge is 0.392 e. The zero-order valence-electron chi connectivity index (χ0n) is 17.3. The third kappa shape index (κ3) is 3.10. The number of pyridine rings is 1. The second kappa shape index (κ2) is 7.40. The van der Waals surface area contributed by atoms with Gasteiger partial charge in [0, 0.05) is 35.5 Å². The Bertz CT molecular complexity index is 1450. The van der Waals surface area contributed by atoms with Gasteiger partial charge in [0.05, 0.1) is 29.1 Å². The predicted octanol–water partition coefficient (Wildman–Crippen LogP) is 3.59. The highest BCUT2D eigenvalue weighted by Crippen LogP contribution is 2.33. The van der Waals surface area contributed by atoms with Gasteiger partial charge in [-0.05, 0) is 18.6 Å². The number of aliphatic hydroxyl groups is 1. The molecule has 0 aliphatic carbocycles. The molecule has 1 aliphatic heterocycles. The maximum Gasteiger partial charge on any atom is 0.149 e. The molecule has 1 aliphatic rings. The molecule has 7 nitrogen and oxygen atoms in total. The molecular weight excluding hydrogens is 400 g/mol. The quantitative estimate of drug-likeness (QED) is 0.411. The second-order valence-electron chi connectivity index (χ2n) is 8.17. The molecule has 0 amide bonds. The molecule has 2 atom stereocenters. The van der Waals surface area contributed by atoms with E-state index < -0.39 is 0 Å². The van der Waals surface area contributed by atoms with E-state index in [1.807, 2.05) is 34.9 Å². The predicted molar refractivity (Wildman–Crippen MR) is 125 cm³/mol. The number of aliphatic hydroxyl groups excluding tert-OH is 1. The number of nitrogen functional groups attached to an aromatic ring is 1. The number of hydrogen-bond donors (Lipinski definition) is 3. The SMILES string of the molecule is Nc1nccn2c(-c3ccc4ccc(-c5ccccc5)nc4c3)nc(C3CC(O)CN3)c12. The Morgan fingerprint density at radius 3 is 2.66 bits per heavy atom. The van der Waals surface area contributed by atoms with Gasteiger partial charge in [-0.2, -0.15) is 0 Å². The molecule has 0 bridgehead atoms. The van der Waals surface area contributed by atoms with E-state index in [-0.39, 0.29) is 12.1 Å². The van der Waals surface area contributed by atoms with E-state index in [1.54, 1.807) is 6.20 Å². The summed E-state index contributed by atoms with van der Waals surface area (Å²) in [6.07, 6.45) is 3.77. The molecule has 5 aromatic rings. The minimum atomic E-state index is -0.389. The van der Waals surface area contributed by atoms with Crippen LogP contribution in [0.5, 0.6) is 0 Å². The molecule has 0 radical (unpaired) electrons. The molecule has 2 unspecified atom stereocenters. The van der Waals surface area contributed by atoms with E-state index >= 15 is 0 Å². The Labute approximate surface area is 184 Å². The van der Waals surface area contributed by atoms with Crippen molar-refractivity contribution < 1.29 is 5.11 Å². The molecule has 6 rings (SSSR count). The number of nitrogens with zero attached hydrogens (tertiary/aromatic N) is 4. The zero-order valence-corrected chi connectivity index (χ0v) is 17.3. The van der Waals surface area contributed by atoms with E-state index in [0.717, 1.165) is 44.8 Å². The van der Waals surface area contributed by atoms with Crippen LogP contribution in [0.4, 0.5) is 5.82 Å². The molecule has 1 fully saturated rings. The van der Waals surface area contributed by atoms with E-state index in [4.69, 9.17) is 15.7 Å². The molecular formula is C25H22N6O. The van der Waals surface area contributed by atoms with Crippen molar-refractivity contribution in [2.45, 2.75) is 18.6 Å². The van der Waals surface area contributed by atoms with Crippen molar-refractivity contribution in [1.29, 1.82) is 0 Å². The molecule has 1 saturated heterocycles. The first-order valence-electron chi connectivity index (χ1n) is 10.7. The minimum Gasteiger partial charge on any atom is -0.392 e. The highest BCUT2D eigenvalue weighted by atomic mass is 16.3. The molecule has 7 heteroatoms. The standard InChI is InChI=1S/C25H22N6O/c26-24-23-22(21-13-18(32)14-28-21)30-25(31(23)11-10-27-24)17-7-6-16-8-9-19(29-20(16)12-17)15-4-2-1-3-5-15/h1-12,18,21,28,32H,13-14H2,(H2,26,27). The average molecular weight is 422 g/mol. The first kappa shape index (κ1) is 18.9. The third-order valence-electron chi connectivity index (χ3n) is 6.07. The van der Waals surface area contributed by atoms with Crippen LogP contribution in [0.25, 0.3) is 39.1 Å². The molecule has 3 aromatic heterocycles. The number of nitrogens with two attached hydrogens (primary N) is 1. The maximum atomic E-state index is 10.0. The molecule has 4 N–H and O–H groups in total. The summed E-state index contributed by atoms with van der Waals surface area (Å²) in [6, 6.07) is 20.4. The first-order valence-corrected chi connectivity index (χ1v) is 10.7. The third-order valence-corrected chi connectivity index (χ3v) is 6.07. The molecule has 32 heavy (non-hydrogen) atoms. The number of β-amino-alcohol motifs (C(OH)–C–C–N with tert-alkyl or cyclic N) is 1. The number of fused-ring (bicyclic) bond motifs is 2. The summed E-state index contributed by atoms with van der Waals surface area (Å²) in [5.41, 5.74) is 11.7. The van der Waals surface area contributed by atoms with Crippen LogP contribution in [0.1, 0.15) is 18.2 Å². The lowest BCUT2D eigenvalue weighted by Crippen LogP contribution is -2.15. The van der Waals surface area contributed by atoms with Crippen LogP contribution in [0.3, 0.4) is 0 Å². The monoisotopic (exact) mass is 422 g/mol. The number of anilines is 1. The van der Waals surface area contributed by atoms with Gasteiger partial charge in [-0.1, -0.05) is 48.5 Å². The maximum absolute atomic E-state index is 10.0. The van der Waals surface area contributed by atoms with Gasteiger partial charge in [0.1, 0.15) is 17.2 Å². The van der Waals surface area contributed by atoms with Crippen molar-refractivity contribution in [3.63, 3.8) is 0 Å². The van der Waals surface area contributed by atoms with E-state index in [9.17, 15) is 5.11 Å². The lowest BCUT2D eigenvalue weighted by atomic mass is 10.1. The average Bonchev–Trinajstić information content (AvgIpc) is 3.43. The summed E-state index contributed by atoms with van der Waals surface area (Å²) in [5, 5.41) is 14.4. The first-order chi connectivity index (χ1) is 15.7. The van der Waals surface area contributed by atoms with Crippen LogP contribution in [0.2, 0.25) is 0 Å². The summed E-state index contributed by atoms with van der Waals surface area (Å²) in [5.74, 6) is 1.20. The summed E-state index contributed by atoms with van der Waals surface area (Å²) >= 11 is 0. The van der Waals surface area contributed by atoms with Crippen molar-refractivity contribution >= 4 is 22.2 Å². The highest BCUT2D eigenvalue weighted by molar-refractivity contribution is 5.86. The van der Waals surface area contributed by atoms with Gasteiger partial charge in [-0.3, -0.25) is 4.40 Å². The Kier molecular flexibility index (Phi) is 4.38. The van der Waals surface area contributed by atoms with Gasteiger partial charge in [0.25, 0.3) is 0 Å². The lowest BCUT2D eigenvalue weighted by molar-refractivity contribution is 0.193. The van der Waals surface area contributed by atoms with Crippen molar-refractivity contribution in [1.82, 2.24) is 24.7 Å². The van der Waals surface area contributed by atoms with Gasteiger partial charge < -0.3 is 16.2 Å². The summed E-state index contributed by atoms with van der Waals surface area (Å²) < 4.78 is 1.98. The van der Waals surface area contributed by atoms with Gasteiger partial charge >= 0.3 is 0 Å². The van der Waals surface area contributed by atoms with Crippen molar-refractivity contribution in [3.8, 4) is 22.6 Å². The minimum absolute atomic E-state index is 0.0662. The van der Waals surface area contributed by atoms with Gasteiger partial charge in [-0.15, -0.1) is 0 Å². The fourth-order valence-corrected chi connectivity index (χ4v) is 4.49. The van der Waals surface area contributed by atoms with Gasteiger partial charge in [0.15, 0.2) is 0 Å². The molecule has 0 spiro atoms. The van der Waals surface area contributed by atoms with E-state index in [0.29, 0.717) is 18.8 Å². The molecule has 4 heterocycles. The molecule has 2 aromatic carbocycles.